The van der Waals surface area contributed by atoms with E-state index in [2.05, 4.69) is 30.3 Å². The maximum atomic E-state index is 13.0. The molecule has 2 aromatic carbocycles. The minimum absolute atomic E-state index is 0.0265. The van der Waals surface area contributed by atoms with Crippen molar-refractivity contribution in [2.75, 3.05) is 37.6 Å². The smallest absolute Gasteiger partial charge is 0.292 e. The molecule has 4 rings (SSSR count). The van der Waals surface area contributed by atoms with E-state index in [1.54, 1.807) is 4.90 Å². The maximum Gasteiger partial charge on any atom is 0.292 e. The summed E-state index contributed by atoms with van der Waals surface area (Å²) in [5.41, 5.74) is 3.24. The fourth-order valence-corrected chi connectivity index (χ4v) is 4.63. The third-order valence-corrected chi connectivity index (χ3v) is 6.37. The maximum absolute atomic E-state index is 13.0. The first-order chi connectivity index (χ1) is 14.1. The van der Waals surface area contributed by atoms with Gasteiger partial charge in [-0.1, -0.05) is 48.0 Å². The van der Waals surface area contributed by atoms with Crippen molar-refractivity contribution in [1.29, 1.82) is 0 Å². The first-order valence-electron chi connectivity index (χ1n) is 10.8. The van der Waals surface area contributed by atoms with Crippen LogP contribution in [-0.2, 0) is 16.0 Å². The molecule has 1 atom stereocenters. The summed E-state index contributed by atoms with van der Waals surface area (Å²) in [5.74, 6) is -0.0876. The monoisotopic (exact) mass is 393 g/mol. The lowest BCUT2D eigenvalue weighted by molar-refractivity contribution is -1.02. The molecule has 0 aromatic heterocycles. The number of quaternary nitrogens is 2. The van der Waals surface area contributed by atoms with E-state index in [0.717, 1.165) is 38.2 Å². The number of hydrogen-bond donors (Lipinski definition) is 2. The highest BCUT2D eigenvalue weighted by molar-refractivity contribution is 6.21. The molecule has 152 valence electrons. The van der Waals surface area contributed by atoms with Crippen molar-refractivity contribution in [3.8, 4) is 0 Å². The highest BCUT2D eigenvalue weighted by Gasteiger charge is 2.46. The number of carbonyl (C=O) groups is 2. The highest BCUT2D eigenvalue weighted by atomic mass is 16.2. The quantitative estimate of drug-likeness (QED) is 0.681. The molecule has 2 heterocycles. The van der Waals surface area contributed by atoms with Crippen LogP contribution >= 0.6 is 0 Å². The zero-order valence-electron chi connectivity index (χ0n) is 17.2. The van der Waals surface area contributed by atoms with Crippen molar-refractivity contribution >= 4 is 17.5 Å². The molecule has 29 heavy (non-hydrogen) atoms. The average Bonchev–Trinajstić information content (AvgIpc) is 3.04. The minimum atomic E-state index is -0.213. The van der Waals surface area contributed by atoms with Crippen LogP contribution in [0, 0.1) is 6.92 Å². The van der Waals surface area contributed by atoms with Crippen LogP contribution in [0.2, 0.25) is 0 Å². The summed E-state index contributed by atoms with van der Waals surface area (Å²) in [6.07, 6.45) is 2.66. The molecule has 0 spiro atoms. The van der Waals surface area contributed by atoms with Crippen molar-refractivity contribution < 1.29 is 19.4 Å². The number of carbonyl (C=O) groups excluding carboxylic acids is 2. The number of hydrogen-bond acceptors (Lipinski definition) is 2. The van der Waals surface area contributed by atoms with Gasteiger partial charge in [-0.15, -0.1) is 0 Å². The van der Waals surface area contributed by atoms with Crippen LogP contribution in [0.4, 0.5) is 5.69 Å². The topological polar surface area (TPSA) is 46.3 Å². The van der Waals surface area contributed by atoms with E-state index >= 15 is 0 Å². The van der Waals surface area contributed by atoms with Crippen LogP contribution in [0.25, 0.3) is 0 Å². The number of rotatable bonds is 6. The van der Waals surface area contributed by atoms with E-state index in [0.29, 0.717) is 12.1 Å². The second-order valence-corrected chi connectivity index (χ2v) is 8.41. The van der Waals surface area contributed by atoms with Gasteiger partial charge in [-0.2, -0.15) is 0 Å². The van der Waals surface area contributed by atoms with Gasteiger partial charge in [-0.25, -0.2) is 4.90 Å². The van der Waals surface area contributed by atoms with Crippen LogP contribution in [-0.4, -0.2) is 50.6 Å². The Balaban J connectivity index is 1.28. The predicted octanol–water partition coefficient (Wildman–Crippen LogP) is 0.0431. The molecule has 2 aliphatic heterocycles. The van der Waals surface area contributed by atoms with E-state index in [9.17, 15) is 9.59 Å². The Labute approximate surface area is 172 Å². The molecule has 0 radical (unpaired) electrons. The number of nitrogens with one attached hydrogen (secondary N) is 2. The van der Waals surface area contributed by atoms with Gasteiger partial charge in [0.15, 0.2) is 6.04 Å². The second-order valence-electron chi connectivity index (χ2n) is 8.41. The third-order valence-electron chi connectivity index (χ3n) is 6.37. The molecule has 5 nitrogen and oxygen atoms in total. The van der Waals surface area contributed by atoms with Crippen molar-refractivity contribution in [3.63, 3.8) is 0 Å². The number of benzene rings is 2. The summed E-state index contributed by atoms with van der Waals surface area (Å²) in [5, 5.41) is 0. The number of amides is 2. The van der Waals surface area contributed by atoms with Gasteiger partial charge in [-0.3, -0.25) is 9.59 Å². The number of aryl methyl sites for hydroxylation is 2. The largest absolute Gasteiger partial charge is 0.326 e. The predicted molar refractivity (Wildman–Crippen MR) is 113 cm³/mol. The molecule has 5 heteroatoms. The van der Waals surface area contributed by atoms with Crippen molar-refractivity contribution in [3.05, 3.63) is 65.7 Å². The molecule has 2 saturated heterocycles. The van der Waals surface area contributed by atoms with Crippen molar-refractivity contribution in [2.45, 2.75) is 32.2 Å². The molecule has 2 amide bonds. The van der Waals surface area contributed by atoms with Gasteiger partial charge in [0.2, 0.25) is 5.91 Å². The van der Waals surface area contributed by atoms with E-state index in [1.165, 1.54) is 28.3 Å². The molecule has 2 aliphatic rings. The van der Waals surface area contributed by atoms with Crippen LogP contribution in [0.5, 0.6) is 0 Å². The number of anilines is 1. The fourth-order valence-electron chi connectivity index (χ4n) is 4.63. The molecule has 2 aromatic rings. The van der Waals surface area contributed by atoms with Crippen LogP contribution in [0.15, 0.2) is 54.6 Å². The number of imide groups is 1. The van der Waals surface area contributed by atoms with Gasteiger partial charge in [0.1, 0.15) is 26.2 Å². The number of piperazine rings is 1. The summed E-state index contributed by atoms with van der Waals surface area (Å²) in [6, 6.07) is 18.1. The molecule has 0 aliphatic carbocycles. The standard InChI is InChI=1S/C24H29N3O2/c1-19-9-11-21(12-10-19)27-23(28)18-22(24(27)29)26-16-14-25(15-17-26)13-5-8-20-6-3-2-4-7-20/h2-4,6-7,9-12,22H,5,8,13-18H2,1H3/p+2/t22-/m0/s1. The summed E-state index contributed by atoms with van der Waals surface area (Å²) < 4.78 is 0. The SMILES string of the molecule is Cc1ccc(N2C(=O)C[C@H]([NH+]3CC[NH+](CCCc4ccccc4)CC3)C2=O)cc1. The Bertz CT molecular complexity index is 842. The Morgan fingerprint density at radius 3 is 2.31 bits per heavy atom. The Morgan fingerprint density at radius 1 is 0.931 bits per heavy atom. The fraction of sp³-hybridized carbons (Fsp3) is 0.417. The summed E-state index contributed by atoms with van der Waals surface area (Å²) in [7, 11) is 0. The zero-order valence-corrected chi connectivity index (χ0v) is 17.2. The first-order valence-corrected chi connectivity index (χ1v) is 10.8. The Kier molecular flexibility index (Phi) is 6.07. The zero-order chi connectivity index (χ0) is 20.2. The normalized spacial score (nSPS) is 24.9. The lowest BCUT2D eigenvalue weighted by Gasteiger charge is -2.32. The Hall–Kier alpha value is -2.50. The van der Waals surface area contributed by atoms with Crippen LogP contribution in [0.1, 0.15) is 24.0 Å². The molecule has 2 fully saturated rings. The van der Waals surface area contributed by atoms with E-state index in [4.69, 9.17) is 0 Å². The molecule has 0 unspecified atom stereocenters. The molecular formula is C24H31N3O2+2. The molecular weight excluding hydrogens is 362 g/mol. The van der Waals surface area contributed by atoms with Gasteiger partial charge in [0.25, 0.3) is 5.91 Å². The minimum Gasteiger partial charge on any atom is -0.326 e. The van der Waals surface area contributed by atoms with Gasteiger partial charge >= 0.3 is 0 Å². The summed E-state index contributed by atoms with van der Waals surface area (Å²) in [6.45, 7) is 7.26. The highest BCUT2D eigenvalue weighted by Crippen LogP contribution is 2.22. The van der Waals surface area contributed by atoms with Crippen molar-refractivity contribution in [2.24, 2.45) is 0 Å². The van der Waals surface area contributed by atoms with Crippen molar-refractivity contribution in [1.82, 2.24) is 0 Å². The van der Waals surface area contributed by atoms with E-state index < -0.39 is 0 Å². The third kappa shape index (κ3) is 4.57. The van der Waals surface area contributed by atoms with Gasteiger partial charge < -0.3 is 9.80 Å². The molecule has 0 bridgehead atoms. The van der Waals surface area contributed by atoms with Gasteiger partial charge in [0, 0.05) is 6.42 Å². The second kappa shape index (κ2) is 8.89. The lowest BCUT2D eigenvalue weighted by Crippen LogP contribution is -3.30. The molecule has 0 saturated carbocycles. The van der Waals surface area contributed by atoms with Crippen LogP contribution in [0.3, 0.4) is 0 Å². The van der Waals surface area contributed by atoms with E-state index in [-0.39, 0.29) is 17.9 Å². The summed E-state index contributed by atoms with van der Waals surface area (Å²) >= 11 is 0. The van der Waals surface area contributed by atoms with Crippen LogP contribution < -0.4 is 14.7 Å². The van der Waals surface area contributed by atoms with E-state index in [1.807, 2.05) is 31.2 Å². The lowest BCUT2D eigenvalue weighted by atomic mass is 10.1. The molecule has 2 N–H and O–H groups in total. The average molecular weight is 394 g/mol. The first kappa shape index (κ1) is 19.8. The summed E-state index contributed by atoms with van der Waals surface area (Å²) in [4.78, 5) is 29.8. The Morgan fingerprint density at radius 2 is 1.62 bits per heavy atom. The van der Waals surface area contributed by atoms with Gasteiger partial charge in [0.05, 0.1) is 18.7 Å². The van der Waals surface area contributed by atoms with Gasteiger partial charge in [-0.05, 0) is 31.0 Å². The number of nitrogens with zero attached hydrogens (tertiary/aromatic N) is 1.